The second kappa shape index (κ2) is 16.3. The number of nitrogens with zero attached hydrogens (tertiary/aromatic N) is 1. The predicted molar refractivity (Wildman–Crippen MR) is 177 cm³/mol. The maximum Gasteiger partial charge on any atom is 0.303 e. The van der Waals surface area contributed by atoms with Crippen molar-refractivity contribution in [2.45, 2.75) is 90.6 Å². The number of aliphatic hydroxyl groups excluding tert-OH is 1. The van der Waals surface area contributed by atoms with E-state index in [0.717, 1.165) is 53.0 Å². The molecule has 2 aliphatic heterocycles. The second-order valence-electron chi connectivity index (χ2n) is 12.7. The Balaban J connectivity index is 1.31. The molecule has 2 fully saturated rings. The maximum absolute atomic E-state index is 12.3. The highest BCUT2D eigenvalue weighted by Gasteiger charge is 2.39. The van der Waals surface area contributed by atoms with Gasteiger partial charge in [0.15, 0.2) is 12.4 Å². The molecule has 0 aliphatic carbocycles. The number of carbonyl (C=O) groups excluding carboxylic acids is 2. The molecule has 1 amide bonds. The van der Waals surface area contributed by atoms with Crippen LogP contribution in [0.3, 0.4) is 0 Å². The summed E-state index contributed by atoms with van der Waals surface area (Å²) in [6.07, 6.45) is 4.91. The van der Waals surface area contributed by atoms with Gasteiger partial charge >= 0.3 is 5.97 Å². The van der Waals surface area contributed by atoms with Crippen LogP contribution in [-0.2, 0) is 37.0 Å². The molecule has 3 aromatic carbocycles. The van der Waals surface area contributed by atoms with Gasteiger partial charge in [-0.1, -0.05) is 92.9 Å². The van der Waals surface area contributed by atoms with Gasteiger partial charge in [-0.15, -0.1) is 0 Å². The van der Waals surface area contributed by atoms with Crippen LogP contribution in [0.25, 0.3) is 11.1 Å². The number of hydrogen-bond acceptors (Lipinski definition) is 7. The molecule has 46 heavy (non-hydrogen) atoms. The zero-order valence-electron chi connectivity index (χ0n) is 27.3. The number of esters is 1. The number of rotatable bonds is 10. The van der Waals surface area contributed by atoms with Crippen LogP contribution < -0.4 is 5.32 Å². The summed E-state index contributed by atoms with van der Waals surface area (Å²) in [6.45, 7) is 8.52. The van der Waals surface area contributed by atoms with Crippen molar-refractivity contribution in [3.05, 3.63) is 95.1 Å². The molecular weight excluding hydrogens is 580 g/mol. The monoisotopic (exact) mass is 628 g/mol. The molecule has 8 nitrogen and oxygen atoms in total. The molecule has 2 heterocycles. The van der Waals surface area contributed by atoms with Crippen molar-refractivity contribution in [3.63, 3.8) is 0 Å². The van der Waals surface area contributed by atoms with Gasteiger partial charge < -0.3 is 29.5 Å². The first kappa shape index (κ1) is 33.8. The van der Waals surface area contributed by atoms with Crippen molar-refractivity contribution in [3.8, 4) is 11.1 Å². The van der Waals surface area contributed by atoms with Crippen LogP contribution in [0.5, 0.6) is 0 Å². The SMILES string of the molecule is CC(=O)O[C@@H](C)C(=O)NCc1cccc(-c2ccc([C@@H]3O[C@H](CN4CCCCCCC4)[C@H](C)[C@H](c4ccc(CO)cc4)O3)cc2)c1. The van der Waals surface area contributed by atoms with Crippen LogP contribution in [0.1, 0.15) is 87.5 Å². The summed E-state index contributed by atoms with van der Waals surface area (Å²) < 4.78 is 18.4. The summed E-state index contributed by atoms with van der Waals surface area (Å²) in [4.78, 5) is 26.0. The van der Waals surface area contributed by atoms with Crippen LogP contribution in [-0.4, -0.2) is 53.7 Å². The standard InChI is InChI=1S/C38H48N2O6/c1-26-35(24-40-20-7-5-4-6-8-21-40)45-38(46-36(26)32-14-12-29(25-41)13-15-32)33-18-16-31(17-19-33)34-11-9-10-30(22-34)23-39-37(43)27(2)44-28(3)42/h9-19,22,26-27,35-36,38,41H,4-8,20-21,23-25H2,1-3H3,(H,39,43)/t26-,27-,35+,36+,38+/m0/s1. The van der Waals surface area contributed by atoms with E-state index in [0.29, 0.717) is 6.54 Å². The molecule has 0 aromatic heterocycles. The van der Waals surface area contributed by atoms with E-state index >= 15 is 0 Å². The maximum atomic E-state index is 12.3. The summed E-state index contributed by atoms with van der Waals surface area (Å²) in [7, 11) is 0. The Kier molecular flexibility index (Phi) is 12.0. The molecule has 0 radical (unpaired) electrons. The van der Waals surface area contributed by atoms with Crippen molar-refractivity contribution in [2.75, 3.05) is 19.6 Å². The van der Waals surface area contributed by atoms with Crippen molar-refractivity contribution < 1.29 is 28.9 Å². The molecule has 2 saturated heterocycles. The van der Waals surface area contributed by atoms with Crippen molar-refractivity contribution in [1.82, 2.24) is 10.2 Å². The minimum absolute atomic E-state index is 0.0100. The summed E-state index contributed by atoms with van der Waals surface area (Å²) in [6, 6.07) is 24.4. The number of amides is 1. The van der Waals surface area contributed by atoms with Crippen LogP contribution in [0.15, 0.2) is 72.8 Å². The third-order valence-corrected chi connectivity index (χ3v) is 9.13. The number of benzene rings is 3. The Morgan fingerprint density at radius 1 is 0.891 bits per heavy atom. The number of aliphatic hydroxyl groups is 1. The molecule has 0 bridgehead atoms. The van der Waals surface area contributed by atoms with Crippen LogP contribution in [0.4, 0.5) is 0 Å². The van der Waals surface area contributed by atoms with Crippen molar-refractivity contribution >= 4 is 11.9 Å². The van der Waals surface area contributed by atoms with Gasteiger partial charge in [-0.05, 0) is 66.7 Å². The second-order valence-corrected chi connectivity index (χ2v) is 12.7. The molecule has 5 atom stereocenters. The molecular formula is C38H48N2O6. The number of likely N-dealkylation sites (tertiary alicyclic amines) is 1. The minimum Gasteiger partial charge on any atom is -0.453 e. The topological polar surface area (TPSA) is 97.3 Å². The Morgan fingerprint density at radius 3 is 2.24 bits per heavy atom. The van der Waals surface area contributed by atoms with Crippen LogP contribution in [0.2, 0.25) is 0 Å². The van der Waals surface area contributed by atoms with Gasteiger partial charge in [-0.3, -0.25) is 9.59 Å². The van der Waals surface area contributed by atoms with Crippen LogP contribution >= 0.6 is 0 Å². The summed E-state index contributed by atoms with van der Waals surface area (Å²) in [5, 5.41) is 12.4. The molecule has 2 aliphatic rings. The van der Waals surface area contributed by atoms with Crippen LogP contribution in [0, 0.1) is 5.92 Å². The number of hydrogen-bond donors (Lipinski definition) is 2. The zero-order chi connectivity index (χ0) is 32.5. The van der Waals surface area contributed by atoms with Gasteiger partial charge in [0.25, 0.3) is 5.91 Å². The van der Waals surface area contributed by atoms with E-state index in [9.17, 15) is 14.7 Å². The fourth-order valence-electron chi connectivity index (χ4n) is 6.41. The van der Waals surface area contributed by atoms with E-state index in [1.165, 1.54) is 39.0 Å². The smallest absolute Gasteiger partial charge is 0.303 e. The van der Waals surface area contributed by atoms with E-state index in [-0.39, 0.29) is 30.6 Å². The lowest BCUT2D eigenvalue weighted by atomic mass is 9.89. The Bertz CT molecular complexity index is 1420. The van der Waals surface area contributed by atoms with Gasteiger partial charge in [-0.25, -0.2) is 0 Å². The largest absolute Gasteiger partial charge is 0.453 e. The number of ether oxygens (including phenoxy) is 3. The Hall–Kier alpha value is -3.56. The highest BCUT2D eigenvalue weighted by atomic mass is 16.7. The first-order valence-electron chi connectivity index (χ1n) is 16.7. The average Bonchev–Trinajstić information content (AvgIpc) is 3.05. The normalized spacial score (nSPS) is 23.1. The minimum atomic E-state index is -0.839. The van der Waals surface area contributed by atoms with Gasteiger partial charge in [0.1, 0.15) is 0 Å². The Labute approximate surface area is 273 Å². The molecule has 0 spiro atoms. The highest BCUT2D eigenvalue weighted by molar-refractivity contribution is 5.82. The summed E-state index contributed by atoms with van der Waals surface area (Å²) >= 11 is 0. The molecule has 0 saturated carbocycles. The predicted octanol–water partition coefficient (Wildman–Crippen LogP) is 6.47. The molecule has 5 rings (SSSR count). The highest BCUT2D eigenvalue weighted by Crippen LogP contribution is 2.42. The summed E-state index contributed by atoms with van der Waals surface area (Å²) in [5.74, 6) is -0.664. The lowest BCUT2D eigenvalue weighted by Gasteiger charge is -2.43. The van der Waals surface area contributed by atoms with Gasteiger partial charge in [-0.2, -0.15) is 0 Å². The molecule has 3 aromatic rings. The lowest BCUT2D eigenvalue weighted by molar-refractivity contribution is -0.276. The number of carbonyl (C=O) groups is 2. The van der Waals surface area contributed by atoms with Gasteiger partial charge in [0, 0.05) is 31.5 Å². The van der Waals surface area contributed by atoms with E-state index in [1.54, 1.807) is 6.92 Å². The molecule has 246 valence electrons. The first-order chi connectivity index (χ1) is 22.3. The van der Waals surface area contributed by atoms with E-state index in [1.807, 2.05) is 36.4 Å². The lowest BCUT2D eigenvalue weighted by Crippen LogP contribution is -2.45. The summed E-state index contributed by atoms with van der Waals surface area (Å²) in [5.41, 5.74) is 5.97. The number of nitrogens with one attached hydrogen (secondary N) is 1. The fourth-order valence-corrected chi connectivity index (χ4v) is 6.41. The third-order valence-electron chi connectivity index (χ3n) is 9.13. The van der Waals surface area contributed by atoms with E-state index in [2.05, 4.69) is 53.5 Å². The van der Waals surface area contributed by atoms with Crippen molar-refractivity contribution in [2.24, 2.45) is 5.92 Å². The van der Waals surface area contributed by atoms with Gasteiger partial charge in [0.05, 0.1) is 18.8 Å². The zero-order valence-corrected chi connectivity index (χ0v) is 27.3. The fraction of sp³-hybridized carbons (Fsp3) is 0.474. The van der Waals surface area contributed by atoms with E-state index < -0.39 is 18.4 Å². The quantitative estimate of drug-likeness (QED) is 0.249. The van der Waals surface area contributed by atoms with Crippen molar-refractivity contribution in [1.29, 1.82) is 0 Å². The first-order valence-corrected chi connectivity index (χ1v) is 16.7. The van der Waals surface area contributed by atoms with E-state index in [4.69, 9.17) is 14.2 Å². The van der Waals surface area contributed by atoms with Gasteiger partial charge in [0.2, 0.25) is 0 Å². The molecule has 2 N–H and O–H groups in total. The molecule has 8 heteroatoms. The molecule has 0 unspecified atom stereocenters. The average molecular weight is 629 g/mol. The third kappa shape index (κ3) is 9.04. The Morgan fingerprint density at radius 2 is 1.57 bits per heavy atom.